The molecule has 4 atom stereocenters. The number of allylic oxidation sites excluding steroid dienone is 2. The molecule has 1 aromatic carbocycles. The predicted molar refractivity (Wildman–Crippen MR) is 77.5 cm³/mol. The van der Waals surface area contributed by atoms with Crippen LogP contribution in [-0.2, 0) is 9.59 Å². The smallest absolute Gasteiger partial charge is 0.228 e. The number of benzene rings is 1. The van der Waals surface area contributed by atoms with E-state index in [1.54, 1.807) is 12.1 Å². The summed E-state index contributed by atoms with van der Waals surface area (Å²) >= 11 is 5.94. The summed E-state index contributed by atoms with van der Waals surface area (Å²) in [5.41, 5.74) is 1.51. The normalized spacial score (nSPS) is 29.6. The van der Waals surface area contributed by atoms with Crippen molar-refractivity contribution in [2.45, 2.75) is 13.3 Å². The fourth-order valence-electron chi connectivity index (χ4n) is 3.45. The average molecular weight is 305 g/mol. The molecule has 21 heavy (non-hydrogen) atoms. The van der Waals surface area contributed by atoms with E-state index in [0.717, 1.165) is 5.56 Å². The standard InChI is InChI=1S/C16H16ClNO3/c1-8-2-5-11(17)7-12(8)18-15(19)13-9-3-4-10(6-9)14(13)16(20)21/h2-5,7,9-10,13-14H,6H2,1H3,(H,18,19)(H,20,21)/p-1/t9-,10+,13-,14+/m1/s1. The largest absolute Gasteiger partial charge is 0.550 e. The van der Waals surface area contributed by atoms with Gasteiger partial charge in [0.15, 0.2) is 0 Å². The summed E-state index contributed by atoms with van der Waals surface area (Å²) in [7, 11) is 0. The molecule has 0 radical (unpaired) electrons. The summed E-state index contributed by atoms with van der Waals surface area (Å²) in [6.45, 7) is 1.86. The molecule has 0 aromatic heterocycles. The van der Waals surface area contributed by atoms with E-state index in [-0.39, 0.29) is 17.7 Å². The van der Waals surface area contributed by atoms with Crippen LogP contribution in [0.3, 0.4) is 0 Å². The molecule has 0 aliphatic heterocycles. The third-order valence-corrected chi connectivity index (χ3v) is 4.73. The maximum atomic E-state index is 12.5. The Kier molecular flexibility index (Phi) is 3.49. The zero-order valence-corrected chi connectivity index (χ0v) is 12.3. The molecule has 5 heteroatoms. The molecule has 2 aliphatic carbocycles. The number of carboxylic acid groups (broad SMARTS) is 1. The zero-order chi connectivity index (χ0) is 15.1. The van der Waals surface area contributed by atoms with Gasteiger partial charge in [-0.25, -0.2) is 0 Å². The van der Waals surface area contributed by atoms with Crippen LogP contribution in [0.15, 0.2) is 30.4 Å². The van der Waals surface area contributed by atoms with Gasteiger partial charge in [-0.05, 0) is 42.9 Å². The van der Waals surface area contributed by atoms with Crippen LogP contribution in [0.1, 0.15) is 12.0 Å². The Morgan fingerprint density at radius 3 is 2.57 bits per heavy atom. The zero-order valence-electron chi connectivity index (χ0n) is 11.5. The van der Waals surface area contributed by atoms with E-state index in [9.17, 15) is 14.7 Å². The number of carbonyl (C=O) groups excluding carboxylic acids is 2. The van der Waals surface area contributed by atoms with E-state index in [0.29, 0.717) is 17.1 Å². The topological polar surface area (TPSA) is 69.2 Å². The van der Waals surface area contributed by atoms with Crippen LogP contribution in [0, 0.1) is 30.6 Å². The van der Waals surface area contributed by atoms with Crippen molar-refractivity contribution in [3.8, 4) is 0 Å². The molecule has 1 amide bonds. The van der Waals surface area contributed by atoms with Crippen molar-refractivity contribution in [2.24, 2.45) is 23.7 Å². The van der Waals surface area contributed by atoms with E-state index >= 15 is 0 Å². The second-order valence-electron chi connectivity index (χ2n) is 5.77. The number of rotatable bonds is 3. The summed E-state index contributed by atoms with van der Waals surface area (Å²) in [5.74, 6) is -2.82. The molecule has 2 bridgehead atoms. The predicted octanol–water partition coefficient (Wildman–Crippen LogP) is 1.78. The van der Waals surface area contributed by atoms with Gasteiger partial charge >= 0.3 is 0 Å². The molecule has 4 nitrogen and oxygen atoms in total. The molecule has 0 heterocycles. The monoisotopic (exact) mass is 304 g/mol. The van der Waals surface area contributed by atoms with Crippen molar-refractivity contribution in [1.82, 2.24) is 0 Å². The van der Waals surface area contributed by atoms with Gasteiger partial charge in [-0.3, -0.25) is 4.79 Å². The van der Waals surface area contributed by atoms with Gasteiger partial charge in [-0.1, -0.05) is 29.8 Å². The molecular weight excluding hydrogens is 290 g/mol. The number of anilines is 1. The average Bonchev–Trinajstić information content (AvgIpc) is 3.03. The number of hydrogen-bond donors (Lipinski definition) is 1. The van der Waals surface area contributed by atoms with Gasteiger partial charge in [0.2, 0.25) is 5.91 Å². The Morgan fingerprint density at radius 1 is 1.24 bits per heavy atom. The van der Waals surface area contributed by atoms with Gasteiger partial charge in [0.05, 0.1) is 5.92 Å². The fraction of sp³-hybridized carbons (Fsp3) is 0.375. The first-order chi connectivity index (χ1) is 9.97. The van der Waals surface area contributed by atoms with Crippen LogP contribution < -0.4 is 10.4 Å². The number of halogens is 1. The highest BCUT2D eigenvalue weighted by molar-refractivity contribution is 6.31. The Labute approximate surface area is 127 Å². The molecule has 1 N–H and O–H groups in total. The molecule has 3 rings (SSSR count). The second kappa shape index (κ2) is 5.19. The number of nitrogens with one attached hydrogen (secondary N) is 1. The van der Waals surface area contributed by atoms with Gasteiger partial charge in [0.1, 0.15) is 0 Å². The lowest BCUT2D eigenvalue weighted by Gasteiger charge is -2.28. The van der Waals surface area contributed by atoms with Crippen molar-refractivity contribution in [2.75, 3.05) is 5.32 Å². The lowest BCUT2D eigenvalue weighted by Crippen LogP contribution is -2.42. The lowest BCUT2D eigenvalue weighted by atomic mass is 9.82. The number of aryl methyl sites for hydroxylation is 1. The molecular formula is C16H15ClNO3-. The number of hydrogen-bond acceptors (Lipinski definition) is 3. The minimum absolute atomic E-state index is 0.0163. The van der Waals surface area contributed by atoms with Gasteiger partial charge in [0, 0.05) is 22.6 Å². The molecule has 1 saturated carbocycles. The minimum atomic E-state index is -1.14. The number of carbonyl (C=O) groups is 2. The number of aliphatic carboxylic acids is 1. The van der Waals surface area contributed by atoms with E-state index < -0.39 is 17.8 Å². The summed E-state index contributed by atoms with van der Waals surface area (Å²) in [5, 5.41) is 14.7. The third kappa shape index (κ3) is 2.44. The first kappa shape index (κ1) is 14.1. The lowest BCUT2D eigenvalue weighted by molar-refractivity contribution is -0.313. The van der Waals surface area contributed by atoms with Crippen LogP contribution in [0.2, 0.25) is 5.02 Å². The number of amides is 1. The van der Waals surface area contributed by atoms with Crippen molar-refractivity contribution in [1.29, 1.82) is 0 Å². The SMILES string of the molecule is Cc1ccc(Cl)cc1NC(=O)[C@H]1[C@@H](C(=O)[O-])[C@H]2C=C[C@@H]1C2. The molecule has 0 saturated heterocycles. The minimum Gasteiger partial charge on any atom is -0.550 e. The molecule has 0 spiro atoms. The van der Waals surface area contributed by atoms with Crippen molar-refractivity contribution >= 4 is 29.2 Å². The van der Waals surface area contributed by atoms with Crippen molar-refractivity contribution in [3.05, 3.63) is 40.9 Å². The van der Waals surface area contributed by atoms with Gasteiger partial charge < -0.3 is 15.2 Å². The first-order valence-corrected chi connectivity index (χ1v) is 7.31. The van der Waals surface area contributed by atoms with Gasteiger partial charge in [-0.2, -0.15) is 0 Å². The van der Waals surface area contributed by atoms with E-state index in [1.807, 2.05) is 25.1 Å². The quantitative estimate of drug-likeness (QED) is 0.865. The van der Waals surface area contributed by atoms with Gasteiger partial charge in [-0.15, -0.1) is 0 Å². The summed E-state index contributed by atoms with van der Waals surface area (Å²) < 4.78 is 0. The van der Waals surface area contributed by atoms with E-state index in [2.05, 4.69) is 5.32 Å². The highest BCUT2D eigenvalue weighted by atomic mass is 35.5. The molecule has 0 unspecified atom stereocenters. The molecule has 2 aliphatic rings. The number of fused-ring (bicyclic) bond motifs is 2. The van der Waals surface area contributed by atoms with Gasteiger partial charge in [0.25, 0.3) is 0 Å². The Balaban J connectivity index is 1.83. The Bertz CT molecular complexity index is 640. The maximum absolute atomic E-state index is 12.5. The van der Waals surface area contributed by atoms with Crippen LogP contribution >= 0.6 is 11.6 Å². The molecule has 110 valence electrons. The van der Waals surface area contributed by atoms with E-state index in [4.69, 9.17) is 11.6 Å². The van der Waals surface area contributed by atoms with Crippen molar-refractivity contribution in [3.63, 3.8) is 0 Å². The van der Waals surface area contributed by atoms with Crippen LogP contribution in [0.5, 0.6) is 0 Å². The highest BCUT2D eigenvalue weighted by Gasteiger charge is 2.48. The molecule has 1 aromatic rings. The van der Waals surface area contributed by atoms with Crippen LogP contribution in [0.25, 0.3) is 0 Å². The Hall–Kier alpha value is -1.81. The first-order valence-electron chi connectivity index (χ1n) is 6.93. The summed E-state index contributed by atoms with van der Waals surface area (Å²) in [6, 6.07) is 5.23. The fourth-order valence-corrected chi connectivity index (χ4v) is 3.62. The van der Waals surface area contributed by atoms with Crippen LogP contribution in [0.4, 0.5) is 5.69 Å². The Morgan fingerprint density at radius 2 is 1.90 bits per heavy atom. The number of carboxylic acids is 1. The third-order valence-electron chi connectivity index (χ3n) is 4.49. The summed E-state index contributed by atoms with van der Waals surface area (Å²) in [4.78, 5) is 23.8. The van der Waals surface area contributed by atoms with Crippen LogP contribution in [-0.4, -0.2) is 11.9 Å². The van der Waals surface area contributed by atoms with Crippen molar-refractivity contribution < 1.29 is 14.7 Å². The summed E-state index contributed by atoms with van der Waals surface area (Å²) in [6.07, 6.45) is 4.55. The highest BCUT2D eigenvalue weighted by Crippen LogP contribution is 2.48. The molecule has 1 fully saturated rings. The maximum Gasteiger partial charge on any atom is 0.228 e. The van der Waals surface area contributed by atoms with E-state index in [1.165, 1.54) is 0 Å². The second-order valence-corrected chi connectivity index (χ2v) is 6.20.